The first-order valence-corrected chi connectivity index (χ1v) is 38.9. The molecule has 3 N–H and O–H groups in total. The molecule has 0 radical (unpaired) electrons. The van der Waals surface area contributed by atoms with Gasteiger partial charge in [0, 0.05) is 25.7 Å². The lowest BCUT2D eigenvalue weighted by atomic mass is 9.99. The van der Waals surface area contributed by atoms with Crippen molar-refractivity contribution >= 4 is 39.5 Å². The third-order valence-corrected chi connectivity index (χ3v) is 18.1. The highest BCUT2D eigenvalue weighted by Gasteiger charge is 2.30. The molecule has 0 amide bonds. The van der Waals surface area contributed by atoms with E-state index in [2.05, 4.69) is 48.5 Å². The summed E-state index contributed by atoms with van der Waals surface area (Å²) in [7, 11) is -9.90. The average molecular weight is 1300 g/mol. The number of aliphatic hydroxyl groups excluding tert-OH is 1. The summed E-state index contributed by atoms with van der Waals surface area (Å²) >= 11 is 0. The van der Waals surface area contributed by atoms with Crippen LogP contribution in [0.4, 0.5) is 0 Å². The van der Waals surface area contributed by atoms with Crippen molar-refractivity contribution < 1.29 is 80.2 Å². The number of phosphoric ester groups is 2. The first-order chi connectivity index (χ1) is 42.3. The molecule has 0 aromatic heterocycles. The van der Waals surface area contributed by atoms with Gasteiger partial charge in [-0.25, -0.2) is 9.13 Å². The zero-order valence-corrected chi connectivity index (χ0v) is 59.0. The van der Waals surface area contributed by atoms with E-state index in [4.69, 9.17) is 37.0 Å². The van der Waals surface area contributed by atoms with Crippen molar-refractivity contribution in [2.45, 2.75) is 362 Å². The van der Waals surface area contributed by atoms with Gasteiger partial charge >= 0.3 is 39.5 Å². The molecule has 17 nitrogen and oxygen atoms in total. The van der Waals surface area contributed by atoms with Gasteiger partial charge in [-0.2, -0.15) is 0 Å². The third-order valence-electron chi connectivity index (χ3n) is 16.2. The van der Waals surface area contributed by atoms with E-state index < -0.39 is 97.5 Å². The molecule has 0 aromatic carbocycles. The number of esters is 4. The van der Waals surface area contributed by atoms with Crippen LogP contribution in [0.5, 0.6) is 0 Å². The zero-order valence-electron chi connectivity index (χ0n) is 57.2. The lowest BCUT2D eigenvalue weighted by Gasteiger charge is -2.21. The Kier molecular flexibility index (Phi) is 58.7. The fourth-order valence-electron chi connectivity index (χ4n) is 10.3. The van der Waals surface area contributed by atoms with Crippen LogP contribution >= 0.6 is 15.6 Å². The fourth-order valence-corrected chi connectivity index (χ4v) is 11.9. The Bertz CT molecular complexity index is 1730. The minimum absolute atomic E-state index is 0.104. The SMILES string of the molecule is CCCCCCCCCCCCCCCCC(=O)O[C@H](COC(=O)CCCCCCCCCCC(C)CC)COP(=O)(O)OC[C@@H](O)COP(=O)(O)OC[C@@H](COC(=O)CCCCCCCCCCC(C)C)OC(=O)CCCCCCCCCCC(C)C. The van der Waals surface area contributed by atoms with Crippen molar-refractivity contribution in [1.29, 1.82) is 0 Å². The summed E-state index contributed by atoms with van der Waals surface area (Å²) in [5.41, 5.74) is 0. The number of unbranched alkanes of at least 4 members (excludes halogenated alkanes) is 34. The summed E-state index contributed by atoms with van der Waals surface area (Å²) in [6.07, 6.45) is 43.0. The topological polar surface area (TPSA) is 237 Å². The van der Waals surface area contributed by atoms with Gasteiger partial charge in [0.05, 0.1) is 26.4 Å². The van der Waals surface area contributed by atoms with Crippen molar-refractivity contribution in [2.75, 3.05) is 39.6 Å². The van der Waals surface area contributed by atoms with Crippen LogP contribution < -0.4 is 0 Å². The van der Waals surface area contributed by atoms with Crippen molar-refractivity contribution in [3.05, 3.63) is 0 Å². The zero-order chi connectivity index (χ0) is 65.2. The molecule has 0 aromatic rings. The van der Waals surface area contributed by atoms with E-state index in [0.29, 0.717) is 25.7 Å². The number of carbonyl (C=O) groups excluding carboxylic acids is 4. The van der Waals surface area contributed by atoms with Gasteiger partial charge in [0.2, 0.25) is 0 Å². The largest absolute Gasteiger partial charge is 0.472 e. The number of aliphatic hydroxyl groups is 1. The summed E-state index contributed by atoms with van der Waals surface area (Å²) in [5, 5.41) is 10.6. The number of phosphoric acid groups is 2. The highest BCUT2D eigenvalue weighted by atomic mass is 31.2. The van der Waals surface area contributed by atoms with E-state index in [0.717, 1.165) is 108 Å². The standard InChI is InChI=1S/C69H134O17P2/c1-8-10-11-12-13-14-15-16-17-18-19-31-38-45-52-68(73)85-64(56-80-67(72)51-44-37-30-25-22-28-35-42-49-62(7)9-2)58-83-87(75,76)81-54-63(70)55-82-88(77,78)84-59-65(86-69(74)53-46-39-32-24-21-27-34-41-48-61(5)6)57-79-66(71)50-43-36-29-23-20-26-33-40-47-60(3)4/h60-65,70H,8-59H2,1-7H3,(H,75,76)(H,77,78)/t62?,63-,64-,65-/m1/s1. The second-order valence-electron chi connectivity index (χ2n) is 26.1. The molecule has 3 unspecified atom stereocenters. The molecule has 0 saturated carbocycles. The first kappa shape index (κ1) is 86.1. The number of hydrogen-bond acceptors (Lipinski definition) is 15. The number of ether oxygens (including phenoxy) is 4. The molecule has 0 saturated heterocycles. The van der Waals surface area contributed by atoms with Gasteiger partial charge in [-0.05, 0) is 43.4 Å². The smallest absolute Gasteiger partial charge is 0.462 e. The molecule has 0 heterocycles. The van der Waals surface area contributed by atoms with Crippen LogP contribution in [0.3, 0.4) is 0 Å². The molecule has 0 aliphatic heterocycles. The third kappa shape index (κ3) is 61.6. The number of hydrogen-bond donors (Lipinski definition) is 3. The molecule has 6 atom stereocenters. The Morgan fingerprint density at radius 3 is 0.864 bits per heavy atom. The molecule has 0 spiro atoms. The van der Waals surface area contributed by atoms with Crippen molar-refractivity contribution in [3.8, 4) is 0 Å². The van der Waals surface area contributed by atoms with Crippen LogP contribution in [0, 0.1) is 17.8 Å². The van der Waals surface area contributed by atoms with Gasteiger partial charge in [-0.15, -0.1) is 0 Å². The minimum Gasteiger partial charge on any atom is -0.462 e. The van der Waals surface area contributed by atoms with Crippen molar-refractivity contribution in [2.24, 2.45) is 17.8 Å². The summed E-state index contributed by atoms with van der Waals surface area (Å²) in [5.74, 6) is 0.0933. The van der Waals surface area contributed by atoms with Crippen molar-refractivity contribution in [3.63, 3.8) is 0 Å². The van der Waals surface area contributed by atoms with Gasteiger partial charge in [0.25, 0.3) is 0 Å². The predicted octanol–water partition coefficient (Wildman–Crippen LogP) is 19.5. The summed E-state index contributed by atoms with van der Waals surface area (Å²) < 4.78 is 68.2. The number of carbonyl (C=O) groups is 4. The van der Waals surface area contributed by atoms with Gasteiger partial charge in [-0.3, -0.25) is 37.3 Å². The Morgan fingerprint density at radius 1 is 0.330 bits per heavy atom. The van der Waals surface area contributed by atoms with Crippen LogP contribution in [0.25, 0.3) is 0 Å². The second-order valence-corrected chi connectivity index (χ2v) is 29.0. The molecule has 0 bridgehead atoms. The van der Waals surface area contributed by atoms with Crippen LogP contribution in [-0.2, 0) is 65.4 Å². The van der Waals surface area contributed by atoms with Crippen LogP contribution in [0.1, 0.15) is 344 Å². The lowest BCUT2D eigenvalue weighted by molar-refractivity contribution is -0.161. The summed E-state index contributed by atoms with van der Waals surface area (Å²) in [4.78, 5) is 72.5. The van der Waals surface area contributed by atoms with Gasteiger partial charge in [0.15, 0.2) is 12.2 Å². The molecule has 0 aliphatic rings. The molecule has 88 heavy (non-hydrogen) atoms. The molecule has 522 valence electrons. The Labute approximate surface area is 537 Å². The molecule has 0 aliphatic carbocycles. The van der Waals surface area contributed by atoms with E-state index in [1.165, 1.54) is 154 Å². The van der Waals surface area contributed by atoms with E-state index in [1.54, 1.807) is 0 Å². The maximum absolute atomic E-state index is 13.0. The normalized spacial score (nSPS) is 14.5. The average Bonchev–Trinajstić information content (AvgIpc) is 3.70. The van der Waals surface area contributed by atoms with Gasteiger partial charge < -0.3 is 33.8 Å². The lowest BCUT2D eigenvalue weighted by Crippen LogP contribution is -2.30. The van der Waals surface area contributed by atoms with E-state index >= 15 is 0 Å². The Balaban J connectivity index is 5.26. The van der Waals surface area contributed by atoms with Crippen molar-refractivity contribution in [1.82, 2.24) is 0 Å². The summed E-state index contributed by atoms with van der Waals surface area (Å²) in [6.45, 7) is 11.8. The van der Waals surface area contributed by atoms with E-state index in [-0.39, 0.29) is 25.7 Å². The highest BCUT2D eigenvalue weighted by molar-refractivity contribution is 7.47. The van der Waals surface area contributed by atoms with Gasteiger partial charge in [0.1, 0.15) is 19.3 Å². The first-order valence-electron chi connectivity index (χ1n) is 35.9. The highest BCUT2D eigenvalue weighted by Crippen LogP contribution is 2.45. The number of rotatable bonds is 67. The maximum Gasteiger partial charge on any atom is 0.472 e. The molecular formula is C69H134O17P2. The fraction of sp³-hybridized carbons (Fsp3) is 0.942. The Hall–Kier alpha value is -1.94. The second kappa shape index (κ2) is 60.0. The maximum atomic E-state index is 13.0. The van der Waals surface area contributed by atoms with Crippen LogP contribution in [0.15, 0.2) is 0 Å². The Morgan fingerprint density at radius 2 is 0.580 bits per heavy atom. The molecule has 19 heteroatoms. The monoisotopic (exact) mass is 1300 g/mol. The minimum atomic E-state index is -4.95. The molecular weight excluding hydrogens is 1160 g/mol. The van der Waals surface area contributed by atoms with Crippen LogP contribution in [0.2, 0.25) is 0 Å². The quantitative estimate of drug-likeness (QED) is 0.0222. The van der Waals surface area contributed by atoms with E-state index in [9.17, 15) is 43.2 Å². The molecule has 0 fully saturated rings. The van der Waals surface area contributed by atoms with E-state index in [1.807, 2.05) is 0 Å². The predicted molar refractivity (Wildman–Crippen MR) is 354 cm³/mol. The summed E-state index contributed by atoms with van der Waals surface area (Å²) in [6, 6.07) is 0. The van der Waals surface area contributed by atoms with Gasteiger partial charge in [-0.1, -0.05) is 292 Å². The van der Waals surface area contributed by atoms with Crippen LogP contribution in [-0.4, -0.2) is 96.7 Å². The molecule has 0 rings (SSSR count).